The van der Waals surface area contributed by atoms with Crippen LogP contribution in [0.1, 0.15) is 42.4 Å². The van der Waals surface area contributed by atoms with Crippen molar-refractivity contribution < 1.29 is 0 Å². The second-order valence-electron chi connectivity index (χ2n) is 3.99. The van der Waals surface area contributed by atoms with Crippen LogP contribution >= 0.6 is 38.9 Å². The van der Waals surface area contributed by atoms with Crippen LogP contribution in [0.2, 0.25) is 0 Å². The van der Waals surface area contributed by atoms with Gasteiger partial charge in [0.2, 0.25) is 0 Å². The van der Waals surface area contributed by atoms with Crippen LogP contribution in [0.4, 0.5) is 0 Å². The van der Waals surface area contributed by atoms with Gasteiger partial charge in [0, 0.05) is 9.35 Å². The monoisotopic (exact) mass is 292 g/mol. The molecule has 1 aromatic rings. The third-order valence-corrected chi connectivity index (χ3v) is 5.45. The van der Waals surface area contributed by atoms with E-state index in [4.69, 9.17) is 11.6 Å². The summed E-state index contributed by atoms with van der Waals surface area (Å²) in [6.45, 7) is 0. The van der Waals surface area contributed by atoms with Crippen LogP contribution < -0.4 is 0 Å². The van der Waals surface area contributed by atoms with Crippen LogP contribution in [0.15, 0.2) is 15.9 Å². The summed E-state index contributed by atoms with van der Waals surface area (Å²) in [5, 5.41) is 2.32. The van der Waals surface area contributed by atoms with E-state index < -0.39 is 0 Å². The molecule has 0 N–H and O–H groups in total. The van der Waals surface area contributed by atoms with Gasteiger partial charge in [0.05, 0.1) is 5.38 Å². The van der Waals surface area contributed by atoms with Gasteiger partial charge in [0.1, 0.15) is 0 Å². The molecule has 0 nitrogen and oxygen atoms in total. The van der Waals surface area contributed by atoms with Gasteiger partial charge >= 0.3 is 0 Å². The van der Waals surface area contributed by atoms with E-state index in [2.05, 4.69) is 27.4 Å². The van der Waals surface area contributed by atoms with Gasteiger partial charge in [-0.15, -0.1) is 22.9 Å². The Balaban J connectivity index is 1.95. The van der Waals surface area contributed by atoms with Crippen LogP contribution in [-0.2, 0) is 0 Å². The van der Waals surface area contributed by atoms with Gasteiger partial charge in [-0.2, -0.15) is 0 Å². The smallest absolute Gasteiger partial charge is 0.0692 e. The molecular weight excluding hydrogens is 280 g/mol. The first-order chi connectivity index (χ1) is 6.77. The maximum Gasteiger partial charge on any atom is 0.0692 e. The summed E-state index contributed by atoms with van der Waals surface area (Å²) in [4.78, 5) is 1.30. The zero-order chi connectivity index (χ0) is 9.97. The Morgan fingerprint density at radius 3 is 2.79 bits per heavy atom. The molecule has 0 aromatic carbocycles. The molecule has 14 heavy (non-hydrogen) atoms. The Morgan fingerprint density at radius 1 is 1.50 bits per heavy atom. The molecule has 0 radical (unpaired) electrons. The van der Waals surface area contributed by atoms with E-state index in [1.54, 1.807) is 11.3 Å². The van der Waals surface area contributed by atoms with Crippen LogP contribution in [0.3, 0.4) is 0 Å². The summed E-state index contributed by atoms with van der Waals surface area (Å²) in [6, 6.07) is 2.09. The minimum atomic E-state index is 0.215. The molecule has 1 unspecified atom stereocenters. The molecule has 1 aromatic heterocycles. The molecule has 1 saturated carbocycles. The molecule has 78 valence electrons. The van der Waals surface area contributed by atoms with Gasteiger partial charge in [0.25, 0.3) is 0 Å². The van der Waals surface area contributed by atoms with Crippen LogP contribution in [0.5, 0.6) is 0 Å². The molecule has 1 heterocycles. The number of alkyl halides is 1. The van der Waals surface area contributed by atoms with Crippen molar-refractivity contribution in [1.29, 1.82) is 0 Å². The predicted molar refractivity (Wildman–Crippen MR) is 67.2 cm³/mol. The normalized spacial score (nSPS) is 20.1. The fourth-order valence-electron chi connectivity index (χ4n) is 2.17. The Labute approximate surface area is 103 Å². The molecule has 0 amide bonds. The third kappa shape index (κ3) is 2.53. The quantitative estimate of drug-likeness (QED) is 0.657. The van der Waals surface area contributed by atoms with E-state index in [0.29, 0.717) is 0 Å². The molecule has 1 aliphatic carbocycles. The lowest BCUT2D eigenvalue weighted by Crippen LogP contribution is -1.98. The average Bonchev–Trinajstić information content (AvgIpc) is 2.75. The van der Waals surface area contributed by atoms with Gasteiger partial charge in [-0.25, -0.2) is 0 Å². The van der Waals surface area contributed by atoms with Gasteiger partial charge in [-0.05, 0) is 39.7 Å². The molecule has 0 saturated heterocycles. The fraction of sp³-hybridized carbons (Fsp3) is 0.636. The topological polar surface area (TPSA) is 0 Å². The summed E-state index contributed by atoms with van der Waals surface area (Å²) in [6.07, 6.45) is 6.72. The third-order valence-electron chi connectivity index (χ3n) is 2.94. The lowest BCUT2D eigenvalue weighted by atomic mass is 10.0. The average molecular weight is 294 g/mol. The SMILES string of the molecule is ClC(CC1CCCC1)c1sccc1Br. The van der Waals surface area contributed by atoms with Crippen molar-refractivity contribution in [2.75, 3.05) is 0 Å². The number of hydrogen-bond acceptors (Lipinski definition) is 1. The van der Waals surface area contributed by atoms with Crippen LogP contribution in [0.25, 0.3) is 0 Å². The van der Waals surface area contributed by atoms with E-state index in [1.165, 1.54) is 35.0 Å². The highest BCUT2D eigenvalue weighted by atomic mass is 79.9. The van der Waals surface area contributed by atoms with Gasteiger partial charge in [0.15, 0.2) is 0 Å². The van der Waals surface area contributed by atoms with Crippen molar-refractivity contribution in [2.45, 2.75) is 37.5 Å². The minimum absolute atomic E-state index is 0.215. The number of thiophene rings is 1. The summed E-state index contributed by atoms with van der Waals surface area (Å²) in [5.74, 6) is 0.867. The van der Waals surface area contributed by atoms with Crippen LogP contribution in [-0.4, -0.2) is 0 Å². The van der Waals surface area contributed by atoms with Crippen molar-refractivity contribution in [1.82, 2.24) is 0 Å². The van der Waals surface area contributed by atoms with E-state index in [1.807, 2.05) is 0 Å². The molecule has 1 aliphatic rings. The lowest BCUT2D eigenvalue weighted by Gasteiger charge is -2.13. The first-order valence-electron chi connectivity index (χ1n) is 5.14. The number of hydrogen-bond donors (Lipinski definition) is 0. The largest absolute Gasteiger partial charge is 0.146 e. The molecule has 0 bridgehead atoms. The van der Waals surface area contributed by atoms with Crippen molar-refractivity contribution in [2.24, 2.45) is 5.92 Å². The van der Waals surface area contributed by atoms with Crippen molar-refractivity contribution in [3.05, 3.63) is 20.8 Å². The highest BCUT2D eigenvalue weighted by Gasteiger charge is 2.21. The Kier molecular flexibility index (Phi) is 3.92. The summed E-state index contributed by atoms with van der Waals surface area (Å²) in [7, 11) is 0. The number of rotatable bonds is 3. The zero-order valence-corrected chi connectivity index (χ0v) is 11.2. The molecule has 2 rings (SSSR count). The molecule has 0 spiro atoms. The summed E-state index contributed by atoms with van der Waals surface area (Å²) >= 11 is 11.7. The second kappa shape index (κ2) is 5.00. The Hall–Kier alpha value is 0.470. The van der Waals surface area contributed by atoms with E-state index >= 15 is 0 Å². The van der Waals surface area contributed by atoms with Crippen molar-refractivity contribution in [3.63, 3.8) is 0 Å². The maximum absolute atomic E-state index is 6.41. The zero-order valence-electron chi connectivity index (χ0n) is 8.01. The lowest BCUT2D eigenvalue weighted by molar-refractivity contribution is 0.497. The first-order valence-corrected chi connectivity index (χ1v) is 7.25. The van der Waals surface area contributed by atoms with Gasteiger partial charge in [-0.1, -0.05) is 25.7 Å². The van der Waals surface area contributed by atoms with E-state index in [0.717, 1.165) is 12.3 Å². The molecule has 1 atom stereocenters. The summed E-state index contributed by atoms with van der Waals surface area (Å²) in [5.41, 5.74) is 0. The highest BCUT2D eigenvalue weighted by molar-refractivity contribution is 9.10. The number of halogens is 2. The minimum Gasteiger partial charge on any atom is -0.146 e. The van der Waals surface area contributed by atoms with Gasteiger partial charge < -0.3 is 0 Å². The van der Waals surface area contributed by atoms with Crippen LogP contribution in [0, 0.1) is 5.92 Å². The molecular formula is C11H14BrClS. The van der Waals surface area contributed by atoms with Crippen molar-refractivity contribution >= 4 is 38.9 Å². The molecule has 1 fully saturated rings. The molecule has 0 aliphatic heterocycles. The van der Waals surface area contributed by atoms with E-state index in [9.17, 15) is 0 Å². The predicted octanol–water partition coefficient (Wildman–Crippen LogP) is 5.37. The Bertz CT molecular complexity index is 291. The van der Waals surface area contributed by atoms with E-state index in [-0.39, 0.29) is 5.38 Å². The molecule has 3 heteroatoms. The standard InChI is InChI=1S/C11H14BrClS/c12-9-5-6-14-11(9)10(13)7-8-3-1-2-4-8/h5-6,8,10H,1-4,7H2. The fourth-order valence-corrected chi connectivity index (χ4v) is 4.47. The highest BCUT2D eigenvalue weighted by Crippen LogP contribution is 2.40. The summed E-state index contributed by atoms with van der Waals surface area (Å²) < 4.78 is 1.18. The van der Waals surface area contributed by atoms with Gasteiger partial charge in [-0.3, -0.25) is 0 Å². The first kappa shape index (κ1) is 11.0. The van der Waals surface area contributed by atoms with Crippen molar-refractivity contribution in [3.8, 4) is 0 Å². The Morgan fingerprint density at radius 2 is 2.21 bits per heavy atom. The maximum atomic E-state index is 6.41. The second-order valence-corrected chi connectivity index (χ2v) is 6.32.